The molecule has 0 bridgehead atoms. The van der Waals surface area contributed by atoms with Crippen LogP contribution in [0.1, 0.15) is 98.3 Å². The lowest BCUT2D eigenvalue weighted by molar-refractivity contribution is -0.149. The molecule has 0 N–H and O–H groups in total. The van der Waals surface area contributed by atoms with Gasteiger partial charge in [-0.2, -0.15) is 0 Å². The fraction of sp³-hybridized carbons (Fsp3) is 0.529. The third-order valence-corrected chi connectivity index (χ3v) is 10.5. The van der Waals surface area contributed by atoms with Gasteiger partial charge in [0.05, 0.1) is 76.6 Å². The van der Waals surface area contributed by atoms with Crippen molar-refractivity contribution >= 4 is 52.7 Å². The lowest BCUT2D eigenvalue weighted by atomic mass is 10.1. The zero-order valence-corrected chi connectivity index (χ0v) is 40.7. The van der Waals surface area contributed by atoms with Gasteiger partial charge >= 0.3 is 29.8 Å². The highest BCUT2D eigenvalue weighted by atomic mass is 16.6. The van der Waals surface area contributed by atoms with Gasteiger partial charge in [-0.1, -0.05) is 0 Å². The molecule has 0 saturated carbocycles. The molecule has 0 aliphatic carbocycles. The molecule has 374 valence electrons. The molecule has 17 heteroatoms. The minimum atomic E-state index is -0.544. The van der Waals surface area contributed by atoms with Gasteiger partial charge in [-0.25, -0.2) is 9.59 Å². The predicted molar refractivity (Wildman–Crippen MR) is 258 cm³/mol. The van der Waals surface area contributed by atoms with Crippen LogP contribution < -0.4 is 14.7 Å². The number of hydrogen-bond donors (Lipinski definition) is 0. The molecule has 0 aliphatic rings. The van der Waals surface area contributed by atoms with Crippen molar-refractivity contribution in [1.29, 1.82) is 0 Å². The number of esters is 5. The van der Waals surface area contributed by atoms with Crippen LogP contribution >= 0.6 is 0 Å². The first kappa shape index (κ1) is 56.3. The van der Waals surface area contributed by atoms with Gasteiger partial charge in [-0.3, -0.25) is 19.2 Å². The van der Waals surface area contributed by atoms with Crippen molar-refractivity contribution in [3.05, 3.63) is 89.5 Å². The Labute approximate surface area is 401 Å². The maximum atomic E-state index is 12.7. The summed E-state index contributed by atoms with van der Waals surface area (Å²) < 4.78 is 44.0. The van der Waals surface area contributed by atoms with E-state index in [2.05, 4.69) is 0 Å². The summed E-state index contributed by atoms with van der Waals surface area (Å²) in [5.74, 6) is -1.88. The highest BCUT2D eigenvalue weighted by Gasteiger charge is 2.16. The quantitative estimate of drug-likeness (QED) is 0.0261. The number of ether oxygens (including phenoxy) is 8. The largest absolute Gasteiger partial charge is 0.466 e. The summed E-state index contributed by atoms with van der Waals surface area (Å²) >= 11 is 0. The van der Waals surface area contributed by atoms with Crippen molar-refractivity contribution in [3.63, 3.8) is 0 Å². The molecule has 3 aromatic carbocycles. The molecular weight excluding hydrogens is 879 g/mol. The second-order valence-corrected chi connectivity index (χ2v) is 15.3. The van der Waals surface area contributed by atoms with Crippen LogP contribution in [0.2, 0.25) is 0 Å². The molecular formula is C51H71N3O14. The van der Waals surface area contributed by atoms with Gasteiger partial charge in [0.2, 0.25) is 0 Å². The lowest BCUT2D eigenvalue weighted by Crippen LogP contribution is -2.29. The Bertz CT molecular complexity index is 1960. The molecule has 3 rings (SSSR count). The van der Waals surface area contributed by atoms with E-state index >= 15 is 0 Å². The number of benzene rings is 3. The summed E-state index contributed by atoms with van der Waals surface area (Å²) in [6.45, 7) is 15.8. The molecule has 68 heavy (non-hydrogen) atoms. The van der Waals surface area contributed by atoms with Gasteiger partial charge < -0.3 is 52.6 Å². The van der Waals surface area contributed by atoms with Crippen molar-refractivity contribution in [2.45, 2.75) is 73.3 Å². The van der Waals surface area contributed by atoms with E-state index in [1.54, 1.807) is 50.2 Å². The van der Waals surface area contributed by atoms with Crippen LogP contribution in [0.15, 0.2) is 72.8 Å². The molecule has 0 fully saturated rings. The fourth-order valence-corrected chi connectivity index (χ4v) is 6.76. The Hall–Kier alpha value is -6.04. The number of Topliss-reactive ketones (excluding diaryl/α,β-unsaturated/α-hetero) is 1. The summed E-state index contributed by atoms with van der Waals surface area (Å²) in [6.07, 6.45) is 0.398. The zero-order valence-electron chi connectivity index (χ0n) is 40.7. The van der Waals surface area contributed by atoms with E-state index in [9.17, 15) is 28.8 Å². The van der Waals surface area contributed by atoms with E-state index < -0.39 is 12.1 Å². The van der Waals surface area contributed by atoms with E-state index in [0.717, 1.165) is 17.1 Å². The topological polar surface area (TPSA) is 186 Å². The maximum Gasteiger partial charge on any atom is 0.338 e. The van der Waals surface area contributed by atoms with Crippen LogP contribution in [0.25, 0.3) is 0 Å². The summed E-state index contributed by atoms with van der Waals surface area (Å²) in [7, 11) is 0. The number of hydrogen-bond acceptors (Lipinski definition) is 17. The normalized spacial score (nSPS) is 11.3. The van der Waals surface area contributed by atoms with Crippen molar-refractivity contribution in [1.82, 2.24) is 0 Å². The van der Waals surface area contributed by atoms with Gasteiger partial charge in [0, 0.05) is 74.9 Å². The molecule has 0 amide bonds. The zero-order chi connectivity index (χ0) is 49.5. The summed E-state index contributed by atoms with van der Waals surface area (Å²) in [4.78, 5) is 79.5. The number of ketones is 1. The third-order valence-electron chi connectivity index (χ3n) is 10.5. The standard InChI is InChI=1S/C51H71N3O14/c1-7-52(43-19-13-40(14-20-43)39(6)55)28-25-47(56)66-32-12-31-61-37-46(65-35-36-68-49(58)27-30-54(9-3)45-23-17-42(18-24-45)51(60)64-11-5)38-62-33-34-67-48(57)26-29-53(8-2)44-21-15-41(16-22-44)50(59)63-10-4/h13-24,46H,7-12,25-38H2,1-6H3. The minimum absolute atomic E-state index is 0.00534. The van der Waals surface area contributed by atoms with E-state index in [-0.39, 0.29) is 102 Å². The number of carbonyl (C=O) groups excluding carboxylic acids is 6. The first-order valence-electron chi connectivity index (χ1n) is 23.6. The van der Waals surface area contributed by atoms with Crippen LogP contribution in [-0.2, 0) is 52.3 Å². The van der Waals surface area contributed by atoms with Crippen LogP contribution in [0, 0.1) is 0 Å². The van der Waals surface area contributed by atoms with Crippen LogP contribution in [0.3, 0.4) is 0 Å². The number of carbonyl (C=O) groups is 6. The SMILES string of the molecule is CCOC(=O)c1ccc(N(CC)CCC(=O)OCCOCC(COCCCOC(=O)CCN(CC)c2ccc(C(C)=O)cc2)OCCOC(=O)CCN(CC)c2ccc(C(=O)OCC)cc2)cc1. The van der Waals surface area contributed by atoms with Crippen molar-refractivity contribution in [2.24, 2.45) is 0 Å². The second-order valence-electron chi connectivity index (χ2n) is 15.3. The minimum Gasteiger partial charge on any atom is -0.466 e. The molecule has 0 radical (unpaired) electrons. The van der Waals surface area contributed by atoms with Gasteiger partial charge in [0.15, 0.2) is 5.78 Å². The van der Waals surface area contributed by atoms with Crippen LogP contribution in [-0.4, -0.2) is 147 Å². The Morgan fingerprint density at radius 1 is 0.441 bits per heavy atom. The second kappa shape index (κ2) is 32.6. The molecule has 17 nitrogen and oxygen atoms in total. The van der Waals surface area contributed by atoms with Gasteiger partial charge in [-0.15, -0.1) is 0 Å². The molecule has 0 aliphatic heterocycles. The average Bonchev–Trinajstić information content (AvgIpc) is 3.34. The molecule has 0 aromatic heterocycles. The molecule has 1 atom stereocenters. The Morgan fingerprint density at radius 2 is 0.809 bits per heavy atom. The summed E-state index contributed by atoms with van der Waals surface area (Å²) in [5, 5.41) is 0. The van der Waals surface area contributed by atoms with E-state index in [0.29, 0.717) is 75.6 Å². The average molecular weight is 950 g/mol. The molecule has 0 heterocycles. The Kier molecular flexibility index (Phi) is 27.0. The van der Waals surface area contributed by atoms with Gasteiger partial charge in [-0.05, 0) is 114 Å². The Morgan fingerprint density at radius 3 is 1.19 bits per heavy atom. The van der Waals surface area contributed by atoms with Gasteiger partial charge in [0.25, 0.3) is 0 Å². The van der Waals surface area contributed by atoms with Crippen molar-refractivity contribution in [2.75, 3.05) is 120 Å². The summed E-state index contributed by atoms with van der Waals surface area (Å²) in [5.41, 5.74) is 4.19. The van der Waals surface area contributed by atoms with Crippen molar-refractivity contribution in [3.8, 4) is 0 Å². The number of anilines is 3. The maximum absolute atomic E-state index is 12.7. The molecule has 1 unspecified atom stereocenters. The smallest absolute Gasteiger partial charge is 0.338 e. The van der Waals surface area contributed by atoms with E-state index in [1.807, 2.05) is 71.9 Å². The van der Waals surface area contributed by atoms with E-state index in [1.165, 1.54) is 6.92 Å². The molecule has 0 saturated heterocycles. The van der Waals surface area contributed by atoms with Gasteiger partial charge in [0.1, 0.15) is 19.3 Å². The highest BCUT2D eigenvalue weighted by molar-refractivity contribution is 5.94. The van der Waals surface area contributed by atoms with Crippen molar-refractivity contribution < 1.29 is 66.7 Å². The third kappa shape index (κ3) is 21.3. The number of rotatable bonds is 35. The predicted octanol–water partition coefficient (Wildman–Crippen LogP) is 6.73. The van der Waals surface area contributed by atoms with E-state index in [4.69, 9.17) is 37.9 Å². The molecule has 3 aromatic rings. The monoisotopic (exact) mass is 949 g/mol. The number of nitrogens with zero attached hydrogens (tertiary/aromatic N) is 3. The first-order chi connectivity index (χ1) is 32.9. The highest BCUT2D eigenvalue weighted by Crippen LogP contribution is 2.19. The summed E-state index contributed by atoms with van der Waals surface area (Å²) in [6, 6.07) is 21.3. The fourth-order valence-electron chi connectivity index (χ4n) is 6.76. The van der Waals surface area contributed by atoms with Crippen LogP contribution in [0.5, 0.6) is 0 Å². The molecule has 0 spiro atoms. The van der Waals surface area contributed by atoms with Crippen LogP contribution in [0.4, 0.5) is 17.1 Å². The first-order valence-corrected chi connectivity index (χ1v) is 23.6. The Balaban J connectivity index is 1.41. The lowest BCUT2D eigenvalue weighted by Gasteiger charge is -2.23.